The molecule has 2 aromatic carbocycles. The Labute approximate surface area is 166 Å². The molecule has 0 radical (unpaired) electrons. The van der Waals surface area contributed by atoms with Gasteiger partial charge < -0.3 is 21.7 Å². The first-order valence-electron chi connectivity index (χ1n) is 7.91. The highest BCUT2D eigenvalue weighted by Crippen LogP contribution is 2.51. The van der Waals surface area contributed by atoms with E-state index in [1.807, 2.05) is 0 Å². The molecule has 0 fully saturated rings. The van der Waals surface area contributed by atoms with E-state index in [9.17, 15) is 54.1 Å². The molecule has 0 heterocycles. The van der Waals surface area contributed by atoms with E-state index >= 15 is 0 Å². The number of nitrogen functional groups attached to an aromatic ring is 2. The fourth-order valence-electron chi connectivity index (χ4n) is 3.14. The number of rotatable bonds is 2. The molecule has 0 saturated carbocycles. The fraction of sp³-hybridized carbons (Fsp3) is 0.294. The molecule has 14 heteroatoms. The maximum atomic E-state index is 14.7. The molecule has 31 heavy (non-hydrogen) atoms. The average Bonchev–Trinajstić information content (AvgIpc) is 2.55. The number of nitrogens with two attached hydrogens (primary N) is 2. The molecule has 0 aliphatic carbocycles. The molecule has 4 nitrogen and oxygen atoms in total. The lowest BCUT2D eigenvalue weighted by atomic mass is 9.75. The maximum Gasteiger partial charge on any atom is 0.422 e. The Morgan fingerprint density at radius 1 is 0.548 bits per heavy atom. The topological polar surface area (TPSA) is 92.5 Å². The van der Waals surface area contributed by atoms with E-state index in [0.717, 1.165) is 0 Å². The number of benzene rings is 2. The van der Waals surface area contributed by atoms with Crippen LogP contribution in [0.15, 0.2) is 0 Å². The molecule has 0 spiro atoms. The minimum Gasteiger partial charge on any atom is -0.505 e. The summed E-state index contributed by atoms with van der Waals surface area (Å²) in [7, 11) is 0. The van der Waals surface area contributed by atoms with Crippen LogP contribution in [0.25, 0.3) is 0 Å². The number of aromatic hydroxyl groups is 2. The Bertz CT molecular complexity index is 992. The Morgan fingerprint density at radius 3 is 1.03 bits per heavy atom. The summed E-state index contributed by atoms with van der Waals surface area (Å²) >= 11 is 0. The van der Waals surface area contributed by atoms with Gasteiger partial charge in [0.15, 0.2) is 23.1 Å². The zero-order valence-electron chi connectivity index (χ0n) is 15.3. The van der Waals surface area contributed by atoms with Crippen LogP contribution < -0.4 is 11.5 Å². The summed E-state index contributed by atoms with van der Waals surface area (Å²) in [5, 5.41) is 18.8. The molecule has 0 aliphatic heterocycles. The Kier molecular flexibility index (Phi) is 5.46. The lowest BCUT2D eigenvalue weighted by Crippen LogP contribution is -2.30. The van der Waals surface area contributed by atoms with Crippen molar-refractivity contribution in [3.8, 4) is 11.5 Å². The van der Waals surface area contributed by atoms with Gasteiger partial charge in [-0.05, 0) is 0 Å². The zero-order chi connectivity index (χ0) is 24.4. The predicted molar refractivity (Wildman–Crippen MR) is 87.0 cm³/mol. The van der Waals surface area contributed by atoms with Crippen molar-refractivity contribution in [3.63, 3.8) is 0 Å². The van der Waals surface area contributed by atoms with E-state index in [1.54, 1.807) is 0 Å². The van der Waals surface area contributed by atoms with Crippen LogP contribution in [0.2, 0.25) is 0 Å². The van der Waals surface area contributed by atoms with Crippen LogP contribution in [0.1, 0.15) is 36.1 Å². The Hall–Kier alpha value is -3.06. The molecule has 6 N–H and O–H groups in total. The largest absolute Gasteiger partial charge is 0.505 e. The molecule has 0 aromatic heterocycles. The SMILES string of the molecule is CC(C)(c1c(F)c(N)c(O)c(C(F)(F)F)c1F)c1c(F)c(N)c(O)c(C(F)(F)F)c1F. The molecule has 0 amide bonds. The van der Waals surface area contributed by atoms with Crippen molar-refractivity contribution in [2.75, 3.05) is 11.5 Å². The molecule has 0 bridgehead atoms. The Morgan fingerprint density at radius 2 is 0.806 bits per heavy atom. The van der Waals surface area contributed by atoms with Crippen LogP contribution in [0, 0.1) is 23.3 Å². The highest BCUT2D eigenvalue weighted by Gasteiger charge is 2.48. The summed E-state index contributed by atoms with van der Waals surface area (Å²) in [5.74, 6) is -13.5. The van der Waals surface area contributed by atoms with Gasteiger partial charge >= 0.3 is 12.4 Å². The first kappa shape index (κ1) is 24.2. The average molecular weight is 466 g/mol. The summed E-state index contributed by atoms with van der Waals surface area (Å²) in [5.41, 5.74) is -4.83. The van der Waals surface area contributed by atoms with Gasteiger partial charge in [-0.1, -0.05) is 13.8 Å². The van der Waals surface area contributed by atoms with Gasteiger partial charge in [-0.3, -0.25) is 0 Å². The quantitative estimate of drug-likeness (QED) is 0.279. The van der Waals surface area contributed by atoms with E-state index in [2.05, 4.69) is 0 Å². The predicted octanol–water partition coefficient (Wildman–Crippen LogP) is 5.18. The second-order valence-electron chi connectivity index (χ2n) is 6.90. The number of phenolic OH excluding ortho intramolecular Hbond substituents is 2. The summed E-state index contributed by atoms with van der Waals surface area (Å²) < 4.78 is 138. The molecule has 2 rings (SSSR count). The van der Waals surface area contributed by atoms with Gasteiger partial charge in [0.1, 0.15) is 34.1 Å². The van der Waals surface area contributed by atoms with Crippen LogP contribution in [-0.2, 0) is 17.8 Å². The van der Waals surface area contributed by atoms with Crippen LogP contribution >= 0.6 is 0 Å². The van der Waals surface area contributed by atoms with Gasteiger partial charge in [0.05, 0.1) is 0 Å². The third-order valence-corrected chi connectivity index (χ3v) is 4.59. The first-order chi connectivity index (χ1) is 13.8. The van der Waals surface area contributed by atoms with E-state index in [-0.39, 0.29) is 0 Å². The van der Waals surface area contributed by atoms with Gasteiger partial charge in [0.25, 0.3) is 0 Å². The molecule has 0 atom stereocenters. The number of anilines is 2. The van der Waals surface area contributed by atoms with Crippen LogP contribution in [-0.4, -0.2) is 10.2 Å². The monoisotopic (exact) mass is 466 g/mol. The van der Waals surface area contributed by atoms with Crippen molar-refractivity contribution in [3.05, 3.63) is 45.5 Å². The summed E-state index contributed by atoms with van der Waals surface area (Å²) in [4.78, 5) is 0. The normalized spacial score (nSPS) is 13.0. The molecule has 0 aliphatic rings. The maximum absolute atomic E-state index is 14.7. The van der Waals surface area contributed by atoms with Crippen molar-refractivity contribution in [1.82, 2.24) is 0 Å². The standard InChI is InChI=1S/C17H12F10N2O2/c1-15(2,3-7(18)5(16(22,23)24)13(30)11(28)9(3)20)4-8(19)6(17(25,26)27)14(31)12(29)10(4)21/h30-31H,28-29H2,1-2H3. The third kappa shape index (κ3) is 3.53. The number of halogens is 10. The molecular weight excluding hydrogens is 454 g/mol. The molecule has 0 saturated heterocycles. The summed E-state index contributed by atoms with van der Waals surface area (Å²) in [6.45, 7) is 0.979. The Balaban J connectivity index is 3.09. The van der Waals surface area contributed by atoms with Gasteiger partial charge in [-0.2, -0.15) is 26.3 Å². The van der Waals surface area contributed by atoms with E-state index < -0.39 is 86.2 Å². The van der Waals surface area contributed by atoms with Crippen molar-refractivity contribution < 1.29 is 54.1 Å². The number of phenols is 2. The second-order valence-corrected chi connectivity index (χ2v) is 6.90. The summed E-state index contributed by atoms with van der Waals surface area (Å²) in [6.07, 6.45) is -11.4. The van der Waals surface area contributed by atoms with Gasteiger partial charge in [0.2, 0.25) is 0 Å². The van der Waals surface area contributed by atoms with Gasteiger partial charge in [-0.25, -0.2) is 17.6 Å². The van der Waals surface area contributed by atoms with Gasteiger partial charge in [0, 0.05) is 16.5 Å². The van der Waals surface area contributed by atoms with Crippen molar-refractivity contribution in [2.45, 2.75) is 31.6 Å². The van der Waals surface area contributed by atoms with Crippen molar-refractivity contribution in [2.24, 2.45) is 0 Å². The number of hydrogen-bond donors (Lipinski definition) is 4. The van der Waals surface area contributed by atoms with Crippen LogP contribution in [0.5, 0.6) is 11.5 Å². The van der Waals surface area contributed by atoms with Crippen molar-refractivity contribution >= 4 is 11.4 Å². The molecule has 2 aromatic rings. The summed E-state index contributed by atoms with van der Waals surface area (Å²) in [6, 6.07) is 0. The highest BCUT2D eigenvalue weighted by atomic mass is 19.4. The van der Waals surface area contributed by atoms with Crippen molar-refractivity contribution in [1.29, 1.82) is 0 Å². The molecule has 0 unspecified atom stereocenters. The molecule has 172 valence electrons. The minimum absolute atomic E-state index is 0.489. The second kappa shape index (κ2) is 6.99. The number of alkyl halides is 6. The molecular formula is C17H12F10N2O2. The van der Waals surface area contributed by atoms with E-state index in [4.69, 9.17) is 11.5 Å². The van der Waals surface area contributed by atoms with Crippen LogP contribution in [0.4, 0.5) is 55.3 Å². The van der Waals surface area contributed by atoms with Gasteiger partial charge in [-0.15, -0.1) is 0 Å². The third-order valence-electron chi connectivity index (χ3n) is 4.59. The van der Waals surface area contributed by atoms with E-state index in [0.29, 0.717) is 13.8 Å². The minimum atomic E-state index is -5.68. The zero-order valence-corrected chi connectivity index (χ0v) is 15.3. The van der Waals surface area contributed by atoms with E-state index in [1.165, 1.54) is 0 Å². The highest BCUT2D eigenvalue weighted by molar-refractivity contribution is 5.66. The van der Waals surface area contributed by atoms with Crippen LogP contribution in [0.3, 0.4) is 0 Å². The number of hydrogen-bond acceptors (Lipinski definition) is 4. The lowest BCUT2D eigenvalue weighted by Gasteiger charge is -2.31. The first-order valence-corrected chi connectivity index (χ1v) is 7.91. The smallest absolute Gasteiger partial charge is 0.422 e. The lowest BCUT2D eigenvalue weighted by molar-refractivity contribution is -0.142. The fourth-order valence-corrected chi connectivity index (χ4v) is 3.14.